The van der Waals surface area contributed by atoms with E-state index in [9.17, 15) is 10.1 Å². The highest BCUT2D eigenvalue weighted by Crippen LogP contribution is 2.32. The number of anilines is 1. The molecule has 4 nitrogen and oxygen atoms in total. The van der Waals surface area contributed by atoms with Crippen molar-refractivity contribution in [3.05, 3.63) is 82.0 Å². The molecule has 0 atom stereocenters. The fraction of sp³-hybridized carbons (Fsp3) is 0. The number of amides is 1. The van der Waals surface area contributed by atoms with Crippen molar-refractivity contribution >= 4 is 40.9 Å². The van der Waals surface area contributed by atoms with Gasteiger partial charge in [0.05, 0.1) is 5.02 Å². The third-order valence-electron chi connectivity index (χ3n) is 3.51. The van der Waals surface area contributed by atoms with Crippen LogP contribution in [-0.4, -0.2) is 5.91 Å². The number of furan rings is 1. The van der Waals surface area contributed by atoms with Crippen LogP contribution in [-0.2, 0) is 4.79 Å². The van der Waals surface area contributed by atoms with Crippen LogP contribution in [0.2, 0.25) is 10.0 Å². The summed E-state index contributed by atoms with van der Waals surface area (Å²) in [5.41, 5.74) is 1.20. The van der Waals surface area contributed by atoms with E-state index in [-0.39, 0.29) is 5.57 Å². The second-order valence-electron chi connectivity index (χ2n) is 5.32. The molecule has 3 aromatic rings. The summed E-state index contributed by atoms with van der Waals surface area (Å²) < 4.78 is 5.69. The van der Waals surface area contributed by atoms with Gasteiger partial charge in [-0.15, -0.1) is 0 Å². The number of rotatable bonds is 4. The minimum atomic E-state index is -0.513. The Morgan fingerprint density at radius 3 is 2.54 bits per heavy atom. The van der Waals surface area contributed by atoms with Gasteiger partial charge in [0.1, 0.15) is 23.2 Å². The summed E-state index contributed by atoms with van der Waals surface area (Å²) in [5, 5.41) is 12.9. The maximum Gasteiger partial charge on any atom is 0.266 e. The highest BCUT2D eigenvalue weighted by molar-refractivity contribution is 6.36. The van der Waals surface area contributed by atoms with E-state index in [1.165, 1.54) is 6.08 Å². The van der Waals surface area contributed by atoms with Gasteiger partial charge in [0.25, 0.3) is 5.91 Å². The number of carbonyl (C=O) groups excluding carboxylic acids is 1. The van der Waals surface area contributed by atoms with Crippen LogP contribution in [0.1, 0.15) is 5.76 Å². The van der Waals surface area contributed by atoms with E-state index in [2.05, 4.69) is 5.32 Å². The molecule has 2 aromatic carbocycles. The Labute approximate surface area is 160 Å². The molecular weight excluding hydrogens is 371 g/mol. The van der Waals surface area contributed by atoms with Gasteiger partial charge in [-0.3, -0.25) is 4.79 Å². The standard InChI is InChI=1S/C20H12Cl2N2O2/c21-14-6-8-17(18(22)11-14)19-9-7-16(26-19)10-13(12-23)20(25)24-15-4-2-1-3-5-15/h1-11H,(H,24,25). The van der Waals surface area contributed by atoms with E-state index in [4.69, 9.17) is 27.6 Å². The Hall–Kier alpha value is -3.00. The zero-order valence-electron chi connectivity index (χ0n) is 13.4. The fourth-order valence-electron chi connectivity index (χ4n) is 2.28. The summed E-state index contributed by atoms with van der Waals surface area (Å²) in [7, 11) is 0. The van der Waals surface area contributed by atoms with Gasteiger partial charge in [-0.25, -0.2) is 0 Å². The molecule has 128 valence electrons. The molecule has 1 aromatic heterocycles. The number of benzene rings is 2. The maximum absolute atomic E-state index is 12.2. The fourth-order valence-corrected chi connectivity index (χ4v) is 2.78. The Morgan fingerprint density at radius 2 is 1.85 bits per heavy atom. The predicted molar refractivity (Wildman–Crippen MR) is 103 cm³/mol. The summed E-state index contributed by atoms with van der Waals surface area (Å²) in [6, 6.07) is 19.2. The van der Waals surface area contributed by atoms with Crippen LogP contribution >= 0.6 is 23.2 Å². The van der Waals surface area contributed by atoms with E-state index in [1.54, 1.807) is 54.6 Å². The minimum absolute atomic E-state index is 0.0723. The molecule has 0 unspecified atom stereocenters. The lowest BCUT2D eigenvalue weighted by Gasteiger charge is -2.03. The Morgan fingerprint density at radius 1 is 1.08 bits per heavy atom. The summed E-state index contributed by atoms with van der Waals surface area (Å²) in [4.78, 5) is 12.2. The molecule has 0 aliphatic heterocycles. The molecule has 0 fully saturated rings. The van der Waals surface area contributed by atoms with Gasteiger partial charge >= 0.3 is 0 Å². The van der Waals surface area contributed by atoms with Gasteiger partial charge in [-0.1, -0.05) is 41.4 Å². The van der Waals surface area contributed by atoms with Gasteiger partial charge in [-0.2, -0.15) is 5.26 Å². The predicted octanol–water partition coefficient (Wildman–Crippen LogP) is 5.80. The smallest absolute Gasteiger partial charge is 0.266 e. The monoisotopic (exact) mass is 382 g/mol. The second-order valence-corrected chi connectivity index (χ2v) is 6.16. The SMILES string of the molecule is N#CC(=Cc1ccc(-c2ccc(Cl)cc2Cl)o1)C(=O)Nc1ccccc1. The summed E-state index contributed by atoms with van der Waals surface area (Å²) in [6.07, 6.45) is 1.38. The molecule has 3 rings (SSSR count). The number of hydrogen-bond donors (Lipinski definition) is 1. The zero-order chi connectivity index (χ0) is 18.5. The average Bonchev–Trinajstić information content (AvgIpc) is 3.08. The van der Waals surface area contributed by atoms with Gasteiger partial charge < -0.3 is 9.73 Å². The Balaban J connectivity index is 1.83. The Bertz CT molecular complexity index is 1020. The van der Waals surface area contributed by atoms with Crippen molar-refractivity contribution in [2.45, 2.75) is 0 Å². The molecule has 0 saturated heterocycles. The number of halogens is 2. The first-order valence-electron chi connectivity index (χ1n) is 7.60. The molecule has 1 amide bonds. The zero-order valence-corrected chi connectivity index (χ0v) is 14.9. The van der Waals surface area contributed by atoms with Crippen LogP contribution < -0.4 is 5.32 Å². The van der Waals surface area contributed by atoms with Crippen LogP contribution in [0.3, 0.4) is 0 Å². The first kappa shape index (κ1) is 17.8. The van der Waals surface area contributed by atoms with Gasteiger partial charge in [-0.05, 0) is 42.5 Å². The lowest BCUT2D eigenvalue weighted by atomic mass is 10.2. The van der Waals surface area contributed by atoms with E-state index in [0.29, 0.717) is 32.8 Å². The largest absolute Gasteiger partial charge is 0.457 e. The number of hydrogen-bond acceptors (Lipinski definition) is 3. The van der Waals surface area contributed by atoms with Gasteiger partial charge in [0.15, 0.2) is 0 Å². The summed E-state index contributed by atoms with van der Waals surface area (Å²) in [5.74, 6) is 0.366. The third kappa shape index (κ3) is 4.15. The first-order valence-corrected chi connectivity index (χ1v) is 8.36. The van der Waals surface area contributed by atoms with E-state index in [0.717, 1.165) is 0 Å². The van der Waals surface area contributed by atoms with Crippen molar-refractivity contribution < 1.29 is 9.21 Å². The molecule has 1 N–H and O–H groups in total. The van der Waals surface area contributed by atoms with Crippen molar-refractivity contribution in [3.63, 3.8) is 0 Å². The number of para-hydroxylation sites is 1. The van der Waals surface area contributed by atoms with Crippen LogP contribution in [0, 0.1) is 11.3 Å². The highest BCUT2D eigenvalue weighted by atomic mass is 35.5. The number of nitrogens with one attached hydrogen (secondary N) is 1. The number of carbonyl (C=O) groups is 1. The molecule has 1 heterocycles. The van der Waals surface area contributed by atoms with Crippen LogP contribution in [0.25, 0.3) is 17.4 Å². The van der Waals surface area contributed by atoms with E-state index >= 15 is 0 Å². The van der Waals surface area contributed by atoms with E-state index < -0.39 is 5.91 Å². The van der Waals surface area contributed by atoms with Gasteiger partial charge in [0, 0.05) is 22.3 Å². The normalized spacial score (nSPS) is 11.0. The van der Waals surface area contributed by atoms with Crippen LogP contribution in [0.4, 0.5) is 5.69 Å². The molecular formula is C20H12Cl2N2O2. The summed E-state index contributed by atoms with van der Waals surface area (Å²) in [6.45, 7) is 0. The highest BCUT2D eigenvalue weighted by Gasteiger charge is 2.12. The van der Waals surface area contributed by atoms with Crippen LogP contribution in [0.5, 0.6) is 0 Å². The van der Waals surface area contributed by atoms with Crippen molar-refractivity contribution in [1.82, 2.24) is 0 Å². The van der Waals surface area contributed by atoms with Crippen molar-refractivity contribution in [2.75, 3.05) is 5.32 Å². The average molecular weight is 383 g/mol. The third-order valence-corrected chi connectivity index (χ3v) is 4.05. The molecule has 0 radical (unpaired) electrons. The lowest BCUT2D eigenvalue weighted by molar-refractivity contribution is -0.112. The summed E-state index contributed by atoms with van der Waals surface area (Å²) >= 11 is 12.1. The molecule has 0 spiro atoms. The number of nitrogens with zero attached hydrogens (tertiary/aromatic N) is 1. The Kier molecular flexibility index (Phi) is 5.43. The topological polar surface area (TPSA) is 66.0 Å². The quantitative estimate of drug-likeness (QED) is 0.457. The molecule has 0 saturated carbocycles. The molecule has 0 aliphatic carbocycles. The maximum atomic E-state index is 12.2. The lowest BCUT2D eigenvalue weighted by Crippen LogP contribution is -2.13. The van der Waals surface area contributed by atoms with Crippen LogP contribution in [0.15, 0.2) is 70.7 Å². The molecule has 26 heavy (non-hydrogen) atoms. The molecule has 0 bridgehead atoms. The number of nitriles is 1. The van der Waals surface area contributed by atoms with E-state index in [1.807, 2.05) is 12.1 Å². The van der Waals surface area contributed by atoms with Gasteiger partial charge in [0.2, 0.25) is 0 Å². The molecule has 6 heteroatoms. The van der Waals surface area contributed by atoms with Crippen molar-refractivity contribution in [2.24, 2.45) is 0 Å². The first-order chi connectivity index (χ1) is 12.6. The molecule has 0 aliphatic rings. The van der Waals surface area contributed by atoms with Crippen molar-refractivity contribution in [3.8, 4) is 17.4 Å². The minimum Gasteiger partial charge on any atom is -0.457 e. The van der Waals surface area contributed by atoms with Crippen molar-refractivity contribution in [1.29, 1.82) is 5.26 Å². The second kappa shape index (κ2) is 7.92.